The Labute approximate surface area is 183 Å². The molecule has 31 heavy (non-hydrogen) atoms. The Balaban J connectivity index is 1.55. The van der Waals surface area contributed by atoms with Gasteiger partial charge in [-0.2, -0.15) is 11.8 Å². The molecule has 0 radical (unpaired) electrons. The molecule has 1 saturated heterocycles. The van der Waals surface area contributed by atoms with E-state index in [4.69, 9.17) is 9.47 Å². The molecule has 0 saturated carbocycles. The molecule has 10 heteroatoms. The Morgan fingerprint density at radius 1 is 1.16 bits per heavy atom. The molecule has 1 fully saturated rings. The van der Waals surface area contributed by atoms with Crippen molar-refractivity contribution < 1.29 is 29.1 Å². The van der Waals surface area contributed by atoms with Crippen LogP contribution < -0.4 is 4.74 Å². The molecule has 3 rings (SSSR count). The highest BCUT2D eigenvalue weighted by molar-refractivity contribution is 7.99. The minimum absolute atomic E-state index is 0.0323. The molecule has 164 valence electrons. The van der Waals surface area contributed by atoms with Gasteiger partial charge in [0.05, 0.1) is 12.0 Å². The van der Waals surface area contributed by atoms with Gasteiger partial charge in [0.2, 0.25) is 0 Å². The van der Waals surface area contributed by atoms with E-state index in [0.29, 0.717) is 17.7 Å². The number of carbonyl (C=O) groups excluding carboxylic acids is 1. The molecule has 1 aliphatic heterocycles. The summed E-state index contributed by atoms with van der Waals surface area (Å²) in [7, 11) is 1.60. The molecule has 1 aliphatic rings. The van der Waals surface area contributed by atoms with Crippen LogP contribution in [0, 0.1) is 10.1 Å². The van der Waals surface area contributed by atoms with Crippen molar-refractivity contribution in [2.45, 2.75) is 30.1 Å². The second kappa shape index (κ2) is 10.2. The van der Waals surface area contributed by atoms with Gasteiger partial charge >= 0.3 is 12.1 Å². The molecule has 2 aromatic carbocycles. The average molecular weight is 446 g/mol. The lowest BCUT2D eigenvalue weighted by atomic mass is 10.2. The summed E-state index contributed by atoms with van der Waals surface area (Å²) >= 11 is 1.59. The van der Waals surface area contributed by atoms with Crippen molar-refractivity contribution in [2.75, 3.05) is 13.7 Å². The van der Waals surface area contributed by atoms with Crippen molar-refractivity contribution in [3.8, 4) is 5.75 Å². The fourth-order valence-electron chi connectivity index (χ4n) is 3.23. The molecule has 1 N–H and O–H groups in total. The summed E-state index contributed by atoms with van der Waals surface area (Å²) in [5.74, 6) is 0.384. The number of likely N-dealkylation sites (tertiary alicyclic amines) is 1. The molecule has 1 unspecified atom stereocenters. The minimum atomic E-state index is -1.07. The minimum Gasteiger partial charge on any atom is -0.497 e. The Morgan fingerprint density at radius 3 is 2.39 bits per heavy atom. The number of benzene rings is 2. The van der Waals surface area contributed by atoms with Crippen LogP contribution in [0.4, 0.5) is 10.5 Å². The third kappa shape index (κ3) is 5.88. The zero-order valence-corrected chi connectivity index (χ0v) is 17.6. The van der Waals surface area contributed by atoms with Gasteiger partial charge in [-0.25, -0.2) is 9.59 Å². The second-order valence-electron chi connectivity index (χ2n) is 7.00. The molecule has 0 bridgehead atoms. The van der Waals surface area contributed by atoms with Crippen molar-refractivity contribution in [2.24, 2.45) is 0 Å². The van der Waals surface area contributed by atoms with E-state index < -0.39 is 23.0 Å². The Bertz CT molecular complexity index is 934. The van der Waals surface area contributed by atoms with Crippen molar-refractivity contribution in [3.05, 3.63) is 69.8 Å². The zero-order valence-electron chi connectivity index (χ0n) is 16.8. The molecule has 2 atom stereocenters. The van der Waals surface area contributed by atoms with E-state index in [1.807, 2.05) is 24.3 Å². The van der Waals surface area contributed by atoms with Gasteiger partial charge in [-0.3, -0.25) is 15.0 Å². The van der Waals surface area contributed by atoms with Crippen LogP contribution in [0.1, 0.15) is 17.5 Å². The van der Waals surface area contributed by atoms with Crippen molar-refractivity contribution >= 4 is 29.5 Å². The summed E-state index contributed by atoms with van der Waals surface area (Å²) in [6.07, 6.45) is -0.374. The number of aliphatic carboxylic acids is 1. The highest BCUT2D eigenvalue weighted by Gasteiger charge is 2.40. The summed E-state index contributed by atoms with van der Waals surface area (Å²) in [5.41, 5.74) is 1.60. The van der Waals surface area contributed by atoms with E-state index in [-0.39, 0.29) is 24.1 Å². The number of thioether (sulfide) groups is 1. The molecular formula is C21H22N2O7S. The number of rotatable bonds is 8. The number of non-ortho nitro benzene ring substituents is 1. The maximum absolute atomic E-state index is 12.5. The lowest BCUT2D eigenvalue weighted by Crippen LogP contribution is -2.40. The fourth-order valence-corrected chi connectivity index (χ4v) is 4.44. The SMILES string of the molecule is COc1ccc(CSC2C[C@@H](C(=O)O)N(C(=O)OCc3ccc([N+](=O)[O-])cc3)C2)cc1. The van der Waals surface area contributed by atoms with Crippen LogP contribution >= 0.6 is 11.8 Å². The fraction of sp³-hybridized carbons (Fsp3) is 0.333. The first-order chi connectivity index (χ1) is 14.9. The Morgan fingerprint density at radius 2 is 1.81 bits per heavy atom. The van der Waals surface area contributed by atoms with Crippen LogP contribution in [0.3, 0.4) is 0 Å². The molecule has 9 nitrogen and oxygen atoms in total. The second-order valence-corrected chi connectivity index (χ2v) is 8.29. The Hall–Kier alpha value is -3.27. The molecule has 0 aliphatic carbocycles. The van der Waals surface area contributed by atoms with Crippen LogP contribution in [0.25, 0.3) is 0 Å². The maximum atomic E-state index is 12.5. The van der Waals surface area contributed by atoms with Gasteiger partial charge in [0.25, 0.3) is 5.69 Å². The van der Waals surface area contributed by atoms with E-state index in [0.717, 1.165) is 11.3 Å². The first-order valence-corrected chi connectivity index (χ1v) is 10.6. The van der Waals surface area contributed by atoms with Crippen LogP contribution in [0.5, 0.6) is 5.75 Å². The number of hydrogen-bond acceptors (Lipinski definition) is 7. The van der Waals surface area contributed by atoms with Gasteiger partial charge < -0.3 is 14.6 Å². The molecule has 2 aromatic rings. The van der Waals surface area contributed by atoms with Gasteiger partial charge in [-0.1, -0.05) is 12.1 Å². The first-order valence-electron chi connectivity index (χ1n) is 9.51. The summed E-state index contributed by atoms with van der Waals surface area (Å²) < 4.78 is 10.4. The first kappa shape index (κ1) is 22.4. The molecule has 1 amide bonds. The number of amides is 1. The van der Waals surface area contributed by atoms with Gasteiger partial charge in [-0.15, -0.1) is 0 Å². The van der Waals surface area contributed by atoms with E-state index in [2.05, 4.69) is 0 Å². The number of methoxy groups -OCH3 is 1. The largest absolute Gasteiger partial charge is 0.497 e. The van der Waals surface area contributed by atoms with E-state index in [9.17, 15) is 24.8 Å². The Kier molecular flexibility index (Phi) is 7.35. The molecule has 0 aromatic heterocycles. The van der Waals surface area contributed by atoms with Crippen LogP contribution in [0.15, 0.2) is 48.5 Å². The van der Waals surface area contributed by atoms with Crippen LogP contribution in [0.2, 0.25) is 0 Å². The third-order valence-electron chi connectivity index (χ3n) is 4.94. The summed E-state index contributed by atoms with van der Waals surface area (Å²) in [6, 6.07) is 12.3. The standard InChI is InChI=1S/C21H22N2O7S/c1-29-17-8-4-15(5-9-17)13-31-18-10-19(20(24)25)22(11-18)21(26)30-12-14-2-6-16(7-3-14)23(27)28/h2-9,18-19H,10-13H2,1H3,(H,24,25)/t18?,19-/m0/s1. The normalized spacial score (nSPS) is 17.9. The number of ether oxygens (including phenoxy) is 2. The lowest BCUT2D eigenvalue weighted by Gasteiger charge is -2.20. The molecule has 1 heterocycles. The zero-order chi connectivity index (χ0) is 22.4. The summed E-state index contributed by atoms with van der Waals surface area (Å²) in [4.78, 5) is 35.6. The van der Waals surface area contributed by atoms with E-state index in [1.54, 1.807) is 18.9 Å². The number of nitro benzene ring substituents is 1. The van der Waals surface area contributed by atoms with Gasteiger partial charge in [0.15, 0.2) is 0 Å². The monoisotopic (exact) mass is 446 g/mol. The lowest BCUT2D eigenvalue weighted by molar-refractivity contribution is -0.384. The highest BCUT2D eigenvalue weighted by Crippen LogP contribution is 2.31. The number of carboxylic acid groups (broad SMARTS) is 1. The smallest absolute Gasteiger partial charge is 0.410 e. The van der Waals surface area contributed by atoms with E-state index in [1.165, 1.54) is 29.2 Å². The predicted molar refractivity (Wildman–Crippen MR) is 114 cm³/mol. The summed E-state index contributed by atoms with van der Waals surface area (Å²) in [5, 5.41) is 20.2. The number of nitro groups is 1. The number of nitrogens with zero attached hydrogens (tertiary/aromatic N) is 2. The topological polar surface area (TPSA) is 119 Å². The maximum Gasteiger partial charge on any atom is 0.410 e. The predicted octanol–water partition coefficient (Wildman–Crippen LogP) is 3.70. The van der Waals surface area contributed by atoms with Crippen LogP contribution in [-0.4, -0.2) is 51.9 Å². The molecular weight excluding hydrogens is 424 g/mol. The van der Waals surface area contributed by atoms with Crippen LogP contribution in [-0.2, 0) is 21.9 Å². The van der Waals surface area contributed by atoms with E-state index >= 15 is 0 Å². The van der Waals surface area contributed by atoms with Gasteiger partial charge in [-0.05, 0) is 41.8 Å². The van der Waals surface area contributed by atoms with Gasteiger partial charge in [0.1, 0.15) is 18.4 Å². The van der Waals surface area contributed by atoms with Crippen molar-refractivity contribution in [1.82, 2.24) is 4.90 Å². The number of carbonyl (C=O) groups is 2. The quantitative estimate of drug-likeness (QED) is 0.482. The average Bonchev–Trinajstić information content (AvgIpc) is 3.21. The number of carboxylic acids is 1. The van der Waals surface area contributed by atoms with Crippen molar-refractivity contribution in [3.63, 3.8) is 0 Å². The number of hydrogen-bond donors (Lipinski definition) is 1. The summed E-state index contributed by atoms with van der Waals surface area (Å²) in [6.45, 7) is 0.181. The third-order valence-corrected chi connectivity index (χ3v) is 6.25. The molecule has 0 spiro atoms. The van der Waals surface area contributed by atoms with Crippen molar-refractivity contribution in [1.29, 1.82) is 0 Å². The van der Waals surface area contributed by atoms with Gasteiger partial charge in [0, 0.05) is 29.7 Å². The highest BCUT2D eigenvalue weighted by atomic mass is 32.2.